The lowest BCUT2D eigenvalue weighted by molar-refractivity contribution is -0.123. The van der Waals surface area contributed by atoms with E-state index in [9.17, 15) is 4.79 Å². The number of hydrogen-bond acceptors (Lipinski definition) is 3. The Labute approximate surface area is 166 Å². The fourth-order valence-electron chi connectivity index (χ4n) is 4.42. The Hall–Kier alpha value is -0.0300. The zero-order valence-electron chi connectivity index (χ0n) is 15.9. The first-order valence-electron chi connectivity index (χ1n) is 9.80. The van der Waals surface area contributed by atoms with Gasteiger partial charge in [0.05, 0.1) is 0 Å². The van der Waals surface area contributed by atoms with Crippen LogP contribution in [0.15, 0.2) is 0 Å². The highest BCUT2D eigenvalue weighted by Crippen LogP contribution is 2.58. The number of carbonyl (C=O) groups excluding carboxylic acids is 1. The van der Waals surface area contributed by atoms with Crippen LogP contribution in [0.1, 0.15) is 52.4 Å². The summed E-state index contributed by atoms with van der Waals surface area (Å²) in [5, 5.41) is 6.68. The third-order valence-corrected chi connectivity index (χ3v) is 6.40. The molecule has 3 aliphatic rings. The van der Waals surface area contributed by atoms with Crippen LogP contribution in [0, 0.1) is 23.2 Å². The summed E-state index contributed by atoms with van der Waals surface area (Å²) in [6, 6.07) is 0. The molecule has 1 spiro atoms. The Morgan fingerprint density at radius 1 is 1.20 bits per heavy atom. The number of rotatable bonds is 6. The Bertz CT molecular complexity index is 405. The van der Waals surface area contributed by atoms with Gasteiger partial charge in [-0.05, 0) is 88.5 Å². The molecule has 1 saturated carbocycles. The molecule has 25 heavy (non-hydrogen) atoms. The fourth-order valence-corrected chi connectivity index (χ4v) is 4.42. The van der Waals surface area contributed by atoms with Crippen LogP contribution in [0.3, 0.4) is 0 Å². The van der Waals surface area contributed by atoms with E-state index in [1.807, 2.05) is 0 Å². The molecule has 3 fully saturated rings. The minimum Gasteiger partial charge on any atom is -0.356 e. The minimum absolute atomic E-state index is 0. The van der Waals surface area contributed by atoms with Gasteiger partial charge in [-0.2, -0.15) is 0 Å². The van der Waals surface area contributed by atoms with Crippen molar-refractivity contribution in [3.05, 3.63) is 0 Å². The Kier molecular flexibility index (Phi) is 9.52. The molecule has 1 atom stereocenters. The van der Waals surface area contributed by atoms with Crippen molar-refractivity contribution in [3.63, 3.8) is 0 Å². The predicted molar refractivity (Wildman–Crippen MR) is 109 cm³/mol. The van der Waals surface area contributed by atoms with Crippen LogP contribution >= 0.6 is 24.8 Å². The molecule has 3 rings (SSSR count). The van der Waals surface area contributed by atoms with E-state index in [1.54, 1.807) is 0 Å². The molecule has 0 aromatic carbocycles. The second kappa shape index (κ2) is 10.3. The van der Waals surface area contributed by atoms with E-state index in [4.69, 9.17) is 0 Å². The van der Waals surface area contributed by atoms with Gasteiger partial charge >= 0.3 is 0 Å². The summed E-state index contributed by atoms with van der Waals surface area (Å²) in [7, 11) is 0. The third-order valence-electron chi connectivity index (χ3n) is 6.40. The zero-order valence-corrected chi connectivity index (χ0v) is 17.5. The van der Waals surface area contributed by atoms with Crippen LogP contribution in [0.25, 0.3) is 0 Å². The summed E-state index contributed by atoms with van der Waals surface area (Å²) in [5.41, 5.74) is 0.371. The summed E-state index contributed by atoms with van der Waals surface area (Å²) < 4.78 is 0. The van der Waals surface area contributed by atoms with E-state index >= 15 is 0 Å². The number of halogens is 2. The number of hydrogen-bond donors (Lipinski definition) is 2. The summed E-state index contributed by atoms with van der Waals surface area (Å²) in [4.78, 5) is 15.0. The molecule has 1 unspecified atom stereocenters. The maximum Gasteiger partial charge on any atom is 0.223 e. The summed E-state index contributed by atoms with van der Waals surface area (Å²) >= 11 is 0. The van der Waals surface area contributed by atoms with E-state index in [0.717, 1.165) is 32.0 Å². The van der Waals surface area contributed by atoms with Crippen molar-refractivity contribution in [2.75, 3.05) is 39.3 Å². The Balaban J connectivity index is 0.00000156. The lowest BCUT2D eigenvalue weighted by Gasteiger charge is -2.32. The average Bonchev–Trinajstić information content (AvgIpc) is 3.25. The number of piperidine rings is 2. The maximum absolute atomic E-state index is 12.4. The maximum atomic E-state index is 12.4. The highest BCUT2D eigenvalue weighted by Gasteiger charge is 2.57. The first kappa shape index (κ1) is 23.0. The summed E-state index contributed by atoms with van der Waals surface area (Å²) in [5.74, 6) is 2.15. The molecular formula is C19H37Cl2N3O. The van der Waals surface area contributed by atoms with Crippen LogP contribution in [0.2, 0.25) is 0 Å². The van der Waals surface area contributed by atoms with Crippen molar-refractivity contribution in [1.82, 2.24) is 15.5 Å². The number of nitrogens with one attached hydrogen (secondary N) is 2. The lowest BCUT2D eigenvalue weighted by atomic mass is 9.91. The second-order valence-electron chi connectivity index (χ2n) is 8.58. The van der Waals surface area contributed by atoms with Crippen molar-refractivity contribution in [1.29, 1.82) is 0 Å². The van der Waals surface area contributed by atoms with Gasteiger partial charge in [0, 0.05) is 12.5 Å². The standard InChI is InChI=1S/C19H35N3O.2ClH/c1-15(2)3-10-22-11-4-16(5-12-22)14-21-18(23)17-13-19(17)6-8-20-9-7-19;;/h15-17,20H,3-14H2,1-2H3,(H,21,23);2*1H. The SMILES string of the molecule is CC(C)CCN1CCC(CNC(=O)C2CC23CCNCC3)CC1.Cl.Cl. The van der Waals surface area contributed by atoms with Gasteiger partial charge < -0.3 is 15.5 Å². The quantitative estimate of drug-likeness (QED) is 0.728. The molecule has 1 aliphatic carbocycles. The van der Waals surface area contributed by atoms with Crippen molar-refractivity contribution < 1.29 is 4.79 Å². The van der Waals surface area contributed by atoms with Gasteiger partial charge in [-0.25, -0.2) is 0 Å². The van der Waals surface area contributed by atoms with E-state index in [2.05, 4.69) is 29.4 Å². The van der Waals surface area contributed by atoms with Gasteiger partial charge in [-0.15, -0.1) is 24.8 Å². The molecule has 0 radical (unpaired) electrons. The molecular weight excluding hydrogens is 357 g/mol. The largest absolute Gasteiger partial charge is 0.356 e. The normalized spacial score (nSPS) is 26.0. The molecule has 148 valence electrons. The first-order valence-corrected chi connectivity index (χ1v) is 9.80. The highest BCUT2D eigenvalue weighted by molar-refractivity contribution is 5.85. The summed E-state index contributed by atoms with van der Waals surface area (Å²) in [6.07, 6.45) is 7.32. The molecule has 2 N–H and O–H groups in total. The topological polar surface area (TPSA) is 44.4 Å². The monoisotopic (exact) mass is 393 g/mol. The molecule has 0 bridgehead atoms. The molecule has 2 heterocycles. The number of likely N-dealkylation sites (tertiary alicyclic amines) is 1. The van der Waals surface area contributed by atoms with E-state index < -0.39 is 0 Å². The van der Waals surface area contributed by atoms with Crippen LogP contribution in [-0.2, 0) is 4.79 Å². The van der Waals surface area contributed by atoms with E-state index in [0.29, 0.717) is 23.2 Å². The van der Waals surface area contributed by atoms with Crippen molar-refractivity contribution >= 4 is 30.7 Å². The van der Waals surface area contributed by atoms with Crippen LogP contribution < -0.4 is 10.6 Å². The first-order chi connectivity index (χ1) is 11.1. The van der Waals surface area contributed by atoms with Crippen molar-refractivity contribution in [2.45, 2.75) is 52.4 Å². The van der Waals surface area contributed by atoms with Crippen molar-refractivity contribution in [3.8, 4) is 0 Å². The number of carbonyl (C=O) groups is 1. The van der Waals surface area contributed by atoms with Gasteiger partial charge in [0.1, 0.15) is 0 Å². The fraction of sp³-hybridized carbons (Fsp3) is 0.947. The second-order valence-corrected chi connectivity index (χ2v) is 8.58. The highest BCUT2D eigenvalue weighted by atomic mass is 35.5. The summed E-state index contributed by atoms with van der Waals surface area (Å²) in [6.45, 7) is 11.4. The molecule has 2 saturated heterocycles. The molecule has 1 amide bonds. The molecule has 0 aromatic heterocycles. The van der Waals surface area contributed by atoms with Crippen LogP contribution in [0.5, 0.6) is 0 Å². The molecule has 4 nitrogen and oxygen atoms in total. The Morgan fingerprint density at radius 2 is 1.84 bits per heavy atom. The van der Waals surface area contributed by atoms with Gasteiger partial charge in [0.25, 0.3) is 0 Å². The predicted octanol–water partition coefficient (Wildman–Crippen LogP) is 3.09. The number of nitrogens with zero attached hydrogens (tertiary/aromatic N) is 1. The minimum atomic E-state index is 0. The average molecular weight is 394 g/mol. The van der Waals surface area contributed by atoms with E-state index in [1.165, 1.54) is 51.7 Å². The lowest BCUT2D eigenvalue weighted by Crippen LogP contribution is -2.40. The third kappa shape index (κ3) is 6.27. The van der Waals surface area contributed by atoms with Gasteiger partial charge in [0.2, 0.25) is 5.91 Å². The Morgan fingerprint density at radius 3 is 2.44 bits per heavy atom. The van der Waals surface area contributed by atoms with Crippen LogP contribution in [-0.4, -0.2) is 50.1 Å². The van der Waals surface area contributed by atoms with Crippen molar-refractivity contribution in [2.24, 2.45) is 23.2 Å². The zero-order chi connectivity index (χ0) is 16.3. The molecule has 2 aliphatic heterocycles. The van der Waals surface area contributed by atoms with E-state index in [-0.39, 0.29) is 24.8 Å². The molecule has 6 heteroatoms. The van der Waals surface area contributed by atoms with Gasteiger partial charge in [0.15, 0.2) is 0 Å². The molecule has 0 aromatic rings. The number of amides is 1. The van der Waals surface area contributed by atoms with Gasteiger partial charge in [-0.1, -0.05) is 13.8 Å². The van der Waals surface area contributed by atoms with Gasteiger partial charge in [-0.3, -0.25) is 4.79 Å². The van der Waals surface area contributed by atoms with Crippen LogP contribution in [0.4, 0.5) is 0 Å². The smallest absolute Gasteiger partial charge is 0.223 e.